The molecule has 2 rings (SSSR count). The molecule has 0 amide bonds. The van der Waals surface area contributed by atoms with Crippen LogP contribution in [0, 0.1) is 0 Å². The van der Waals surface area contributed by atoms with E-state index in [2.05, 4.69) is 4.98 Å². The van der Waals surface area contributed by atoms with Gasteiger partial charge in [0.05, 0.1) is 20.2 Å². The van der Waals surface area contributed by atoms with Gasteiger partial charge in [0.25, 0.3) is 5.92 Å². The number of hydrogen-bond donors (Lipinski definition) is 0. The van der Waals surface area contributed by atoms with E-state index in [9.17, 15) is 8.78 Å². The van der Waals surface area contributed by atoms with Crippen molar-refractivity contribution in [2.45, 2.75) is 5.92 Å². The molecule has 0 bridgehead atoms. The Morgan fingerprint density at radius 1 is 1.50 bits per heavy atom. The minimum Gasteiger partial charge on any atom is -0.493 e. The summed E-state index contributed by atoms with van der Waals surface area (Å²) in [5.41, 5.74) is 0. The third-order valence-corrected chi connectivity index (χ3v) is 2.11. The Hall–Kier alpha value is -1.39. The van der Waals surface area contributed by atoms with E-state index in [1.807, 2.05) is 0 Å². The van der Waals surface area contributed by atoms with Crippen molar-refractivity contribution in [2.75, 3.05) is 25.1 Å². The van der Waals surface area contributed by atoms with Crippen molar-refractivity contribution >= 4 is 5.82 Å². The molecule has 0 atom stereocenters. The Labute approximate surface area is 80.3 Å². The average molecular weight is 200 g/mol. The van der Waals surface area contributed by atoms with Crippen LogP contribution < -0.4 is 9.64 Å². The first kappa shape index (κ1) is 9.18. The number of ether oxygens (including phenoxy) is 1. The van der Waals surface area contributed by atoms with Gasteiger partial charge in [0.15, 0.2) is 11.6 Å². The van der Waals surface area contributed by atoms with E-state index < -0.39 is 5.92 Å². The molecule has 76 valence electrons. The van der Waals surface area contributed by atoms with E-state index in [0.29, 0.717) is 11.6 Å². The number of nitrogens with zero attached hydrogens (tertiary/aromatic N) is 2. The van der Waals surface area contributed by atoms with E-state index in [-0.39, 0.29) is 13.1 Å². The first-order valence-electron chi connectivity index (χ1n) is 4.24. The summed E-state index contributed by atoms with van der Waals surface area (Å²) < 4.78 is 30.2. The highest BCUT2D eigenvalue weighted by Crippen LogP contribution is 2.35. The van der Waals surface area contributed by atoms with Crippen LogP contribution in [0.15, 0.2) is 18.3 Å². The van der Waals surface area contributed by atoms with Crippen LogP contribution >= 0.6 is 0 Å². The minimum absolute atomic E-state index is 0.277. The Morgan fingerprint density at radius 3 is 2.79 bits per heavy atom. The topological polar surface area (TPSA) is 25.4 Å². The van der Waals surface area contributed by atoms with Gasteiger partial charge in [0.1, 0.15) is 0 Å². The second-order valence-corrected chi connectivity index (χ2v) is 3.24. The summed E-state index contributed by atoms with van der Waals surface area (Å²) in [6.45, 7) is -0.555. The molecule has 0 aromatic carbocycles. The second kappa shape index (κ2) is 3.08. The SMILES string of the molecule is COc1cccnc1N1CC(F)(F)C1. The number of aromatic nitrogens is 1. The third-order valence-electron chi connectivity index (χ3n) is 2.11. The maximum absolute atomic E-state index is 12.6. The maximum atomic E-state index is 12.6. The van der Waals surface area contributed by atoms with Crippen LogP contribution in [0.25, 0.3) is 0 Å². The van der Waals surface area contributed by atoms with Gasteiger partial charge in [-0.15, -0.1) is 0 Å². The zero-order valence-corrected chi connectivity index (χ0v) is 7.70. The van der Waals surface area contributed by atoms with Gasteiger partial charge in [-0.1, -0.05) is 0 Å². The van der Waals surface area contributed by atoms with Gasteiger partial charge < -0.3 is 9.64 Å². The number of pyridine rings is 1. The lowest BCUT2D eigenvalue weighted by atomic mass is 10.1. The fourth-order valence-electron chi connectivity index (χ4n) is 1.44. The van der Waals surface area contributed by atoms with Gasteiger partial charge in [-0.2, -0.15) is 0 Å². The highest BCUT2D eigenvalue weighted by atomic mass is 19.3. The Bertz CT molecular complexity index is 335. The molecule has 0 N–H and O–H groups in total. The van der Waals surface area contributed by atoms with Crippen molar-refractivity contribution in [2.24, 2.45) is 0 Å². The lowest BCUT2D eigenvalue weighted by Crippen LogP contribution is -2.56. The molecule has 1 saturated heterocycles. The number of anilines is 1. The van der Waals surface area contributed by atoms with Gasteiger partial charge in [-0.05, 0) is 12.1 Å². The lowest BCUT2D eigenvalue weighted by molar-refractivity contribution is -0.0268. The van der Waals surface area contributed by atoms with Gasteiger partial charge in [-0.25, -0.2) is 13.8 Å². The molecule has 5 heteroatoms. The molecule has 1 aliphatic rings. The van der Waals surface area contributed by atoms with Crippen molar-refractivity contribution in [3.8, 4) is 5.75 Å². The summed E-state index contributed by atoms with van der Waals surface area (Å²) in [5.74, 6) is -1.56. The number of halogens is 2. The molecule has 14 heavy (non-hydrogen) atoms. The highest BCUT2D eigenvalue weighted by Gasteiger charge is 2.45. The van der Waals surface area contributed by atoms with Gasteiger partial charge in [0, 0.05) is 6.20 Å². The summed E-state index contributed by atoms with van der Waals surface area (Å²) in [4.78, 5) is 5.50. The molecular weight excluding hydrogens is 190 g/mol. The van der Waals surface area contributed by atoms with Crippen molar-refractivity contribution in [1.82, 2.24) is 4.98 Å². The van der Waals surface area contributed by atoms with Crippen LogP contribution in [0.1, 0.15) is 0 Å². The molecule has 0 aliphatic carbocycles. The van der Waals surface area contributed by atoms with Crippen molar-refractivity contribution in [3.63, 3.8) is 0 Å². The Morgan fingerprint density at radius 2 is 2.21 bits per heavy atom. The number of hydrogen-bond acceptors (Lipinski definition) is 3. The summed E-state index contributed by atoms with van der Waals surface area (Å²) in [5, 5.41) is 0. The van der Waals surface area contributed by atoms with E-state index in [1.54, 1.807) is 18.3 Å². The summed E-state index contributed by atoms with van der Waals surface area (Å²) >= 11 is 0. The lowest BCUT2D eigenvalue weighted by Gasteiger charge is -2.39. The zero-order valence-electron chi connectivity index (χ0n) is 7.70. The first-order valence-corrected chi connectivity index (χ1v) is 4.24. The molecule has 1 fully saturated rings. The number of rotatable bonds is 2. The van der Waals surface area contributed by atoms with Gasteiger partial charge in [-0.3, -0.25) is 0 Å². The summed E-state index contributed by atoms with van der Waals surface area (Å²) in [6.07, 6.45) is 1.56. The van der Waals surface area contributed by atoms with E-state index in [1.165, 1.54) is 12.0 Å². The normalized spacial score (nSPS) is 18.9. The quantitative estimate of drug-likeness (QED) is 0.724. The second-order valence-electron chi connectivity index (χ2n) is 3.24. The minimum atomic E-state index is -2.58. The molecular formula is C9H10F2N2O. The molecule has 0 radical (unpaired) electrons. The molecule has 0 spiro atoms. The van der Waals surface area contributed by atoms with Crippen molar-refractivity contribution in [3.05, 3.63) is 18.3 Å². The molecule has 1 aliphatic heterocycles. The maximum Gasteiger partial charge on any atom is 0.282 e. The Balaban J connectivity index is 2.18. The summed E-state index contributed by atoms with van der Waals surface area (Å²) in [6, 6.07) is 3.42. The van der Waals surface area contributed by atoms with Crippen LogP contribution in [0.4, 0.5) is 14.6 Å². The fourth-order valence-corrected chi connectivity index (χ4v) is 1.44. The molecule has 1 aromatic heterocycles. The van der Waals surface area contributed by atoms with Gasteiger partial charge in [0.2, 0.25) is 0 Å². The predicted octanol–water partition coefficient (Wildman–Crippen LogP) is 1.55. The highest BCUT2D eigenvalue weighted by molar-refractivity contribution is 5.54. The van der Waals surface area contributed by atoms with E-state index >= 15 is 0 Å². The summed E-state index contributed by atoms with van der Waals surface area (Å²) in [7, 11) is 1.50. The van der Waals surface area contributed by atoms with Crippen LogP contribution in [-0.2, 0) is 0 Å². The number of methoxy groups -OCH3 is 1. The monoisotopic (exact) mass is 200 g/mol. The van der Waals surface area contributed by atoms with Crippen LogP contribution in [-0.4, -0.2) is 31.1 Å². The van der Waals surface area contributed by atoms with E-state index in [0.717, 1.165) is 0 Å². The fraction of sp³-hybridized carbons (Fsp3) is 0.444. The van der Waals surface area contributed by atoms with Crippen LogP contribution in [0.2, 0.25) is 0 Å². The number of alkyl halides is 2. The predicted molar refractivity (Wildman–Crippen MR) is 47.9 cm³/mol. The standard InChI is InChI=1S/C9H10F2N2O/c1-14-7-3-2-4-12-8(7)13-5-9(10,11)6-13/h2-4H,5-6H2,1H3. The zero-order chi connectivity index (χ0) is 10.2. The molecule has 1 aromatic rings. The molecule has 0 saturated carbocycles. The van der Waals surface area contributed by atoms with Crippen LogP contribution in [0.5, 0.6) is 5.75 Å². The average Bonchev–Trinajstić information content (AvgIpc) is 2.14. The van der Waals surface area contributed by atoms with Crippen molar-refractivity contribution < 1.29 is 13.5 Å². The van der Waals surface area contributed by atoms with Gasteiger partial charge >= 0.3 is 0 Å². The molecule has 2 heterocycles. The van der Waals surface area contributed by atoms with E-state index in [4.69, 9.17) is 4.74 Å². The first-order chi connectivity index (χ1) is 6.62. The molecule has 0 unspecified atom stereocenters. The smallest absolute Gasteiger partial charge is 0.282 e. The van der Waals surface area contributed by atoms with Crippen LogP contribution in [0.3, 0.4) is 0 Å². The largest absolute Gasteiger partial charge is 0.493 e. The van der Waals surface area contributed by atoms with Crippen molar-refractivity contribution in [1.29, 1.82) is 0 Å². The third kappa shape index (κ3) is 1.49. The Kier molecular flexibility index (Phi) is 2.02. The molecule has 3 nitrogen and oxygen atoms in total.